The maximum atomic E-state index is 8.08. The van der Waals surface area contributed by atoms with Gasteiger partial charge in [-0.15, -0.1) is 0 Å². The summed E-state index contributed by atoms with van der Waals surface area (Å²) in [6.07, 6.45) is 4.66. The summed E-state index contributed by atoms with van der Waals surface area (Å²) in [5, 5.41) is 6.88. The monoisotopic (exact) mass is 176 g/mol. The first-order chi connectivity index (χ1) is 6.36. The number of rotatable bonds is 4. The van der Waals surface area contributed by atoms with Crippen molar-refractivity contribution in [3.63, 3.8) is 0 Å². The van der Waals surface area contributed by atoms with Gasteiger partial charge in [0.05, 0.1) is 6.54 Å². The van der Waals surface area contributed by atoms with E-state index in [2.05, 4.69) is 20.1 Å². The van der Waals surface area contributed by atoms with Crippen molar-refractivity contribution < 1.29 is 0 Å². The second kappa shape index (κ2) is 4.87. The van der Waals surface area contributed by atoms with Crippen molar-refractivity contribution in [1.29, 1.82) is 0 Å². The van der Waals surface area contributed by atoms with Gasteiger partial charge in [-0.1, -0.05) is 28.0 Å². The van der Waals surface area contributed by atoms with Crippen molar-refractivity contribution in [3.05, 3.63) is 44.2 Å². The van der Waals surface area contributed by atoms with Gasteiger partial charge in [-0.25, -0.2) is 0 Å². The number of nitrogens with zero attached hydrogens (tertiary/aromatic N) is 6. The molecule has 1 rings (SSSR count). The van der Waals surface area contributed by atoms with E-state index in [0.29, 0.717) is 13.1 Å². The maximum absolute atomic E-state index is 8.08. The first-order valence-electron chi connectivity index (χ1n) is 3.77. The summed E-state index contributed by atoms with van der Waals surface area (Å²) < 4.78 is 0. The Morgan fingerprint density at radius 2 is 1.92 bits per heavy atom. The van der Waals surface area contributed by atoms with Gasteiger partial charge in [0.1, 0.15) is 0 Å². The van der Waals surface area contributed by atoms with E-state index in [1.807, 2.05) is 12.2 Å². The number of allylic oxidation sites excluding steroid dienone is 1. The van der Waals surface area contributed by atoms with Crippen LogP contribution in [-0.2, 0) is 0 Å². The zero-order chi connectivity index (χ0) is 9.52. The summed E-state index contributed by atoms with van der Waals surface area (Å²) >= 11 is 0. The Morgan fingerprint density at radius 3 is 2.62 bits per heavy atom. The number of hydrogen-bond acceptors (Lipinski definition) is 2. The van der Waals surface area contributed by atoms with Crippen molar-refractivity contribution >= 4 is 0 Å². The molecule has 0 fully saturated rings. The molecule has 0 amide bonds. The Balaban J connectivity index is 2.49. The Labute approximate surface area is 74.8 Å². The first-order valence-corrected chi connectivity index (χ1v) is 3.77. The highest BCUT2D eigenvalue weighted by Crippen LogP contribution is 2.17. The Morgan fingerprint density at radius 1 is 1.23 bits per heavy atom. The highest BCUT2D eigenvalue weighted by Gasteiger charge is 2.04. The van der Waals surface area contributed by atoms with Gasteiger partial charge in [0, 0.05) is 16.4 Å². The van der Waals surface area contributed by atoms with Gasteiger partial charge < -0.3 is 0 Å². The van der Waals surface area contributed by atoms with Crippen LogP contribution in [0.4, 0.5) is 0 Å². The highest BCUT2D eigenvalue weighted by atomic mass is 15.1. The third-order valence-corrected chi connectivity index (χ3v) is 1.67. The van der Waals surface area contributed by atoms with Crippen LogP contribution >= 0.6 is 0 Å². The molecule has 0 aromatic carbocycles. The number of azide groups is 2. The molecule has 0 heterocycles. The zero-order valence-corrected chi connectivity index (χ0v) is 6.96. The van der Waals surface area contributed by atoms with Crippen LogP contribution < -0.4 is 0 Å². The fraction of sp³-hybridized carbons (Fsp3) is 0.429. The minimum Gasteiger partial charge on any atom is -0.0896 e. The molecule has 0 aromatic rings. The van der Waals surface area contributed by atoms with Crippen LogP contribution in [0.25, 0.3) is 20.9 Å². The van der Waals surface area contributed by atoms with Crippen molar-refractivity contribution in [2.45, 2.75) is 6.42 Å². The third kappa shape index (κ3) is 2.91. The lowest BCUT2D eigenvalue weighted by Crippen LogP contribution is -1.82. The fourth-order valence-electron chi connectivity index (χ4n) is 1.10. The van der Waals surface area contributed by atoms with Gasteiger partial charge in [-0.3, -0.25) is 0 Å². The molecule has 13 heavy (non-hydrogen) atoms. The topological polar surface area (TPSA) is 97.5 Å². The summed E-state index contributed by atoms with van der Waals surface area (Å²) in [7, 11) is 0. The Bertz CT molecular complexity index is 340. The van der Waals surface area contributed by atoms with Crippen LogP contribution in [0.5, 0.6) is 0 Å². The molecule has 0 saturated carbocycles. The van der Waals surface area contributed by atoms with E-state index in [1.165, 1.54) is 0 Å². The van der Waals surface area contributed by atoms with Gasteiger partial charge >= 0.3 is 0 Å². The standard InChI is InChI=1S/C7H8N6/c8-12-10-4-6-1-2-7(3-6)5-11-13-9/h1,3H,2,4-5H2. The second-order valence-electron chi connectivity index (χ2n) is 2.56. The number of hydrogen-bond donors (Lipinski definition) is 0. The fourth-order valence-corrected chi connectivity index (χ4v) is 1.10. The van der Waals surface area contributed by atoms with Crippen molar-refractivity contribution in [2.24, 2.45) is 10.2 Å². The molecule has 0 aliphatic heterocycles. The Kier molecular flexibility index (Phi) is 3.45. The van der Waals surface area contributed by atoms with Crippen LogP contribution in [0.3, 0.4) is 0 Å². The van der Waals surface area contributed by atoms with E-state index in [-0.39, 0.29) is 0 Å². The molecule has 66 valence electrons. The summed E-state index contributed by atoms with van der Waals surface area (Å²) in [5.41, 5.74) is 18.2. The van der Waals surface area contributed by atoms with Gasteiger partial charge in [-0.05, 0) is 23.1 Å². The van der Waals surface area contributed by atoms with Gasteiger partial charge in [0.25, 0.3) is 0 Å². The molecule has 0 spiro atoms. The van der Waals surface area contributed by atoms with Gasteiger partial charge in [0.2, 0.25) is 0 Å². The van der Waals surface area contributed by atoms with E-state index in [4.69, 9.17) is 11.1 Å². The summed E-state index contributed by atoms with van der Waals surface area (Å²) in [6, 6.07) is 0. The van der Waals surface area contributed by atoms with Crippen LogP contribution in [0.15, 0.2) is 33.5 Å². The van der Waals surface area contributed by atoms with E-state index >= 15 is 0 Å². The van der Waals surface area contributed by atoms with Crippen LogP contribution in [0, 0.1) is 0 Å². The lowest BCUT2D eigenvalue weighted by molar-refractivity contribution is 1.07. The van der Waals surface area contributed by atoms with E-state index in [0.717, 1.165) is 17.6 Å². The predicted molar refractivity (Wildman–Crippen MR) is 48.8 cm³/mol. The second-order valence-corrected chi connectivity index (χ2v) is 2.56. The minimum absolute atomic E-state index is 0.371. The van der Waals surface area contributed by atoms with E-state index in [9.17, 15) is 0 Å². The highest BCUT2D eigenvalue weighted by molar-refractivity contribution is 5.34. The normalized spacial score (nSPS) is 13.8. The van der Waals surface area contributed by atoms with Gasteiger partial charge in [-0.2, -0.15) is 0 Å². The first kappa shape index (κ1) is 9.19. The average Bonchev–Trinajstić information content (AvgIpc) is 2.59. The summed E-state index contributed by atoms with van der Waals surface area (Å²) in [6.45, 7) is 0.767. The van der Waals surface area contributed by atoms with Crippen LogP contribution in [0.2, 0.25) is 0 Å². The molecule has 0 radical (unpaired) electrons. The van der Waals surface area contributed by atoms with E-state index in [1.54, 1.807) is 0 Å². The zero-order valence-electron chi connectivity index (χ0n) is 6.96. The summed E-state index contributed by atoms with van der Waals surface area (Å²) in [5.74, 6) is 0. The van der Waals surface area contributed by atoms with Crippen LogP contribution in [0.1, 0.15) is 6.42 Å². The Hall–Kier alpha value is -1.90. The molecule has 6 heteroatoms. The summed E-state index contributed by atoms with van der Waals surface area (Å²) in [4.78, 5) is 5.32. The smallest absolute Gasteiger partial charge is 0.0507 e. The minimum atomic E-state index is 0.371. The molecular weight excluding hydrogens is 168 g/mol. The molecule has 1 aliphatic rings. The molecule has 0 N–H and O–H groups in total. The lowest BCUT2D eigenvalue weighted by atomic mass is 10.2. The van der Waals surface area contributed by atoms with Crippen molar-refractivity contribution in [2.75, 3.05) is 13.1 Å². The lowest BCUT2D eigenvalue weighted by Gasteiger charge is -1.90. The molecule has 0 bridgehead atoms. The van der Waals surface area contributed by atoms with Crippen molar-refractivity contribution in [1.82, 2.24) is 0 Å². The van der Waals surface area contributed by atoms with Crippen molar-refractivity contribution in [3.8, 4) is 0 Å². The SMILES string of the molecule is [N-]=[N+]=NCC1=CCC(CN=[N+]=[N-])=C1. The predicted octanol–water partition coefficient (Wildman–Crippen LogP) is 2.86. The molecule has 6 nitrogen and oxygen atoms in total. The average molecular weight is 176 g/mol. The molecular formula is C7H8N6. The van der Waals surface area contributed by atoms with Gasteiger partial charge in [0.15, 0.2) is 0 Å². The largest absolute Gasteiger partial charge is 0.0896 e. The molecule has 1 aliphatic carbocycles. The quantitative estimate of drug-likeness (QED) is 0.357. The molecule has 0 unspecified atom stereocenters. The molecule has 0 aromatic heterocycles. The van der Waals surface area contributed by atoms with Crippen LogP contribution in [-0.4, -0.2) is 13.1 Å². The molecule has 0 atom stereocenters. The third-order valence-electron chi connectivity index (χ3n) is 1.67. The maximum Gasteiger partial charge on any atom is 0.0507 e. The van der Waals surface area contributed by atoms with E-state index < -0.39 is 0 Å². The molecule has 0 saturated heterocycles.